The number of anilines is 1. The Morgan fingerprint density at radius 1 is 0.846 bits per heavy atom. The number of phenolic OH excluding ortho intramolecular Hbond substituents is 2. The first kappa shape index (κ1) is 16.4. The first-order chi connectivity index (χ1) is 12.4. The molecule has 4 nitrogen and oxygen atoms in total. The normalized spacial score (nSPS) is 14.8. The first-order valence-electron chi connectivity index (χ1n) is 7.83. The van der Waals surface area contributed by atoms with E-state index in [1.807, 2.05) is 0 Å². The molecule has 0 aliphatic carbocycles. The summed E-state index contributed by atoms with van der Waals surface area (Å²) < 4.78 is 14.6. The summed E-state index contributed by atoms with van der Waals surface area (Å²) in [6, 6.07) is 15.3. The number of hydrogen-bond acceptors (Lipinski definition) is 3. The highest BCUT2D eigenvalue weighted by Crippen LogP contribution is 2.49. The molecule has 0 bridgehead atoms. The maximum atomic E-state index is 14.6. The number of aromatic hydroxyl groups is 2. The maximum Gasteiger partial charge on any atom is 0.244 e. The highest BCUT2D eigenvalue weighted by Gasteiger charge is 2.50. The molecule has 26 heavy (non-hydrogen) atoms. The molecule has 130 valence electrons. The van der Waals surface area contributed by atoms with Crippen molar-refractivity contribution in [2.45, 2.75) is 5.41 Å². The number of hydrogen-bond donors (Lipinski definition) is 3. The Morgan fingerprint density at radius 2 is 1.35 bits per heavy atom. The van der Waals surface area contributed by atoms with E-state index in [2.05, 4.69) is 5.32 Å². The lowest BCUT2D eigenvalue weighted by Crippen LogP contribution is -2.36. The van der Waals surface area contributed by atoms with Crippen LogP contribution in [0.1, 0.15) is 16.7 Å². The zero-order chi connectivity index (χ0) is 18.5. The summed E-state index contributed by atoms with van der Waals surface area (Å²) in [4.78, 5) is 13.1. The molecule has 4 rings (SSSR count). The number of fused-ring (bicyclic) bond motifs is 1. The lowest BCUT2D eigenvalue weighted by molar-refractivity contribution is -0.118. The molecule has 6 heteroatoms. The summed E-state index contributed by atoms with van der Waals surface area (Å²) >= 11 is 5.87. The summed E-state index contributed by atoms with van der Waals surface area (Å²) in [5, 5.41) is 21.8. The van der Waals surface area contributed by atoms with E-state index in [0.717, 1.165) is 0 Å². The third-order valence-corrected chi connectivity index (χ3v) is 4.97. The zero-order valence-corrected chi connectivity index (χ0v) is 14.1. The molecule has 0 atom stereocenters. The van der Waals surface area contributed by atoms with Gasteiger partial charge in [-0.25, -0.2) is 4.39 Å². The van der Waals surface area contributed by atoms with Gasteiger partial charge < -0.3 is 15.5 Å². The summed E-state index contributed by atoms with van der Waals surface area (Å²) in [5.41, 5.74) is 0.227. The monoisotopic (exact) mass is 369 g/mol. The predicted molar refractivity (Wildman–Crippen MR) is 96.1 cm³/mol. The number of phenols is 2. The topological polar surface area (TPSA) is 69.6 Å². The smallest absolute Gasteiger partial charge is 0.244 e. The standard InChI is InChI=1S/C20H13ClFNO3/c21-16-10-9-15-18(17(16)22)23-19(26)20(15,11-1-5-13(24)6-2-11)12-3-7-14(25)8-4-12/h1-10,24-25H,(H,23,26). The number of nitrogens with one attached hydrogen (secondary N) is 1. The molecule has 0 saturated carbocycles. The van der Waals surface area contributed by atoms with Gasteiger partial charge in [0.15, 0.2) is 5.82 Å². The number of halogens is 2. The van der Waals surface area contributed by atoms with E-state index in [4.69, 9.17) is 11.6 Å². The van der Waals surface area contributed by atoms with Crippen LogP contribution in [0.2, 0.25) is 5.02 Å². The van der Waals surface area contributed by atoms with Crippen LogP contribution in [0, 0.1) is 5.82 Å². The van der Waals surface area contributed by atoms with Gasteiger partial charge in [0.2, 0.25) is 5.91 Å². The van der Waals surface area contributed by atoms with Crippen molar-refractivity contribution < 1.29 is 19.4 Å². The van der Waals surface area contributed by atoms with Crippen LogP contribution in [-0.4, -0.2) is 16.1 Å². The molecule has 0 spiro atoms. The Labute approximate surface area is 153 Å². The molecular weight excluding hydrogens is 357 g/mol. The van der Waals surface area contributed by atoms with Crippen LogP contribution in [0.15, 0.2) is 60.7 Å². The third kappa shape index (κ3) is 2.17. The Morgan fingerprint density at radius 3 is 1.85 bits per heavy atom. The van der Waals surface area contributed by atoms with E-state index in [1.54, 1.807) is 30.3 Å². The highest BCUT2D eigenvalue weighted by atomic mass is 35.5. The van der Waals surface area contributed by atoms with E-state index >= 15 is 0 Å². The van der Waals surface area contributed by atoms with E-state index in [1.165, 1.54) is 30.3 Å². The molecule has 0 radical (unpaired) electrons. The van der Waals surface area contributed by atoms with Crippen molar-refractivity contribution in [3.8, 4) is 11.5 Å². The Kier molecular flexibility index (Phi) is 3.63. The summed E-state index contributed by atoms with van der Waals surface area (Å²) in [6.07, 6.45) is 0. The molecule has 3 N–H and O–H groups in total. The molecule has 1 amide bonds. The van der Waals surface area contributed by atoms with Crippen LogP contribution in [0.25, 0.3) is 0 Å². The second kappa shape index (κ2) is 5.75. The molecule has 0 saturated heterocycles. The minimum Gasteiger partial charge on any atom is -0.508 e. The minimum atomic E-state index is -1.33. The van der Waals surface area contributed by atoms with Crippen LogP contribution >= 0.6 is 11.6 Å². The van der Waals surface area contributed by atoms with Crippen molar-refractivity contribution in [1.29, 1.82) is 0 Å². The average Bonchev–Trinajstić information content (AvgIpc) is 2.93. The van der Waals surface area contributed by atoms with Crippen molar-refractivity contribution >= 4 is 23.2 Å². The SMILES string of the molecule is O=C1Nc2c(ccc(Cl)c2F)C1(c1ccc(O)cc1)c1ccc(O)cc1. The number of carbonyl (C=O) groups is 1. The van der Waals surface area contributed by atoms with Crippen LogP contribution < -0.4 is 5.32 Å². The highest BCUT2D eigenvalue weighted by molar-refractivity contribution is 6.31. The zero-order valence-electron chi connectivity index (χ0n) is 13.3. The fraction of sp³-hybridized carbons (Fsp3) is 0.0500. The van der Waals surface area contributed by atoms with Gasteiger partial charge in [0.25, 0.3) is 0 Å². The molecule has 1 aliphatic rings. The quantitative estimate of drug-likeness (QED) is 0.634. The van der Waals surface area contributed by atoms with Crippen LogP contribution in [0.3, 0.4) is 0 Å². The number of amides is 1. The Balaban J connectivity index is 2.08. The molecule has 1 aliphatic heterocycles. The van der Waals surface area contributed by atoms with Gasteiger partial charge in [-0.1, -0.05) is 41.9 Å². The van der Waals surface area contributed by atoms with Crippen LogP contribution in [0.4, 0.5) is 10.1 Å². The largest absolute Gasteiger partial charge is 0.508 e. The predicted octanol–water partition coefficient (Wildman–Crippen LogP) is 4.18. The molecule has 0 aromatic heterocycles. The van der Waals surface area contributed by atoms with E-state index < -0.39 is 17.1 Å². The molecule has 3 aromatic carbocycles. The maximum absolute atomic E-state index is 14.6. The van der Waals surface area contributed by atoms with Crippen molar-refractivity contribution in [1.82, 2.24) is 0 Å². The van der Waals surface area contributed by atoms with Crippen molar-refractivity contribution in [2.75, 3.05) is 5.32 Å². The number of carbonyl (C=O) groups excluding carboxylic acids is 1. The van der Waals surface area contributed by atoms with Crippen molar-refractivity contribution in [3.05, 3.63) is 88.2 Å². The van der Waals surface area contributed by atoms with Gasteiger partial charge in [-0.15, -0.1) is 0 Å². The van der Waals surface area contributed by atoms with Gasteiger partial charge in [-0.2, -0.15) is 0 Å². The lowest BCUT2D eigenvalue weighted by Gasteiger charge is -2.29. The van der Waals surface area contributed by atoms with Gasteiger partial charge in [0.1, 0.15) is 16.9 Å². The molecular formula is C20H13ClFNO3. The molecule has 1 heterocycles. The van der Waals surface area contributed by atoms with Crippen molar-refractivity contribution in [2.24, 2.45) is 0 Å². The Bertz CT molecular complexity index is 971. The van der Waals surface area contributed by atoms with E-state index in [0.29, 0.717) is 16.7 Å². The van der Waals surface area contributed by atoms with Gasteiger partial charge in [0.05, 0.1) is 10.7 Å². The average molecular weight is 370 g/mol. The van der Waals surface area contributed by atoms with E-state index in [-0.39, 0.29) is 22.2 Å². The van der Waals surface area contributed by atoms with Gasteiger partial charge in [0, 0.05) is 5.56 Å². The summed E-state index contributed by atoms with van der Waals surface area (Å²) in [5.74, 6) is -1.03. The van der Waals surface area contributed by atoms with Crippen LogP contribution in [0.5, 0.6) is 11.5 Å². The first-order valence-corrected chi connectivity index (χ1v) is 8.21. The second-order valence-electron chi connectivity index (χ2n) is 6.08. The molecule has 0 fully saturated rings. The fourth-order valence-electron chi connectivity index (χ4n) is 3.48. The number of rotatable bonds is 2. The lowest BCUT2D eigenvalue weighted by atomic mass is 9.70. The van der Waals surface area contributed by atoms with Gasteiger partial charge in [-0.05, 0) is 41.5 Å². The summed E-state index contributed by atoms with van der Waals surface area (Å²) in [6.45, 7) is 0. The molecule has 0 unspecified atom stereocenters. The molecule has 3 aromatic rings. The van der Waals surface area contributed by atoms with Gasteiger partial charge >= 0.3 is 0 Å². The Hall–Kier alpha value is -3.05. The van der Waals surface area contributed by atoms with Crippen molar-refractivity contribution in [3.63, 3.8) is 0 Å². The second-order valence-corrected chi connectivity index (χ2v) is 6.49. The number of benzene rings is 3. The minimum absolute atomic E-state index is 0.0312. The van der Waals surface area contributed by atoms with Gasteiger partial charge in [-0.3, -0.25) is 4.79 Å². The van der Waals surface area contributed by atoms with E-state index in [9.17, 15) is 19.4 Å². The third-order valence-electron chi connectivity index (χ3n) is 4.68. The fourth-order valence-corrected chi connectivity index (χ4v) is 3.64. The van der Waals surface area contributed by atoms with Crippen LogP contribution in [-0.2, 0) is 10.2 Å². The summed E-state index contributed by atoms with van der Waals surface area (Å²) in [7, 11) is 0.